The summed E-state index contributed by atoms with van der Waals surface area (Å²) in [5.74, 6) is 1.51. The molecule has 0 saturated heterocycles. The van der Waals surface area contributed by atoms with Crippen LogP contribution in [0, 0.1) is 5.92 Å². The van der Waals surface area contributed by atoms with E-state index >= 15 is 0 Å². The Morgan fingerprint density at radius 3 is 2.30 bits per heavy atom. The Hall–Kier alpha value is -3.46. The van der Waals surface area contributed by atoms with Crippen LogP contribution in [0.3, 0.4) is 0 Å². The normalized spacial score (nSPS) is 11.1. The zero-order valence-corrected chi connectivity index (χ0v) is 17.9. The van der Waals surface area contributed by atoms with Crippen molar-refractivity contribution in [2.75, 3.05) is 12.4 Å². The monoisotopic (exact) mass is 396 g/mol. The van der Waals surface area contributed by atoms with E-state index in [1.165, 1.54) is 10.9 Å². The summed E-state index contributed by atoms with van der Waals surface area (Å²) in [6.07, 6.45) is 3.19. The van der Waals surface area contributed by atoms with Crippen LogP contribution in [0.1, 0.15) is 25.0 Å². The lowest BCUT2D eigenvalue weighted by atomic mass is 10.0. The molecule has 3 nitrogen and oxygen atoms in total. The van der Waals surface area contributed by atoms with Crippen molar-refractivity contribution in [2.24, 2.45) is 5.92 Å². The molecule has 4 rings (SSSR count). The fourth-order valence-corrected chi connectivity index (χ4v) is 3.74. The minimum Gasteiger partial charge on any atom is -0.497 e. The van der Waals surface area contributed by atoms with Crippen molar-refractivity contribution in [3.05, 3.63) is 96.7 Å². The Balaban J connectivity index is 1.54. The first-order valence-electron chi connectivity index (χ1n) is 10.3. The fourth-order valence-electron chi connectivity index (χ4n) is 3.74. The number of nitrogens with one attached hydrogen (secondary N) is 1. The van der Waals surface area contributed by atoms with Gasteiger partial charge in [-0.25, -0.2) is 0 Å². The SMILES string of the molecule is C=C(c1ccc(CC(C)C)cc1)n1ccc2cc(Nc3ccc(OC)cc3)ccc21. The lowest BCUT2D eigenvalue weighted by molar-refractivity contribution is 0.415. The average Bonchev–Trinajstić information content (AvgIpc) is 3.17. The first-order chi connectivity index (χ1) is 14.5. The van der Waals surface area contributed by atoms with Crippen LogP contribution in [0.4, 0.5) is 11.4 Å². The molecule has 0 bridgehead atoms. The summed E-state index contributed by atoms with van der Waals surface area (Å²) in [6, 6.07) is 25.2. The molecule has 0 saturated carbocycles. The van der Waals surface area contributed by atoms with E-state index in [2.05, 4.69) is 85.0 Å². The van der Waals surface area contributed by atoms with Gasteiger partial charge < -0.3 is 14.6 Å². The molecule has 0 aliphatic carbocycles. The number of benzene rings is 3. The van der Waals surface area contributed by atoms with Gasteiger partial charge >= 0.3 is 0 Å². The number of nitrogens with zero attached hydrogens (tertiary/aromatic N) is 1. The molecule has 1 heterocycles. The summed E-state index contributed by atoms with van der Waals surface area (Å²) in [7, 11) is 1.68. The molecule has 0 unspecified atom stereocenters. The van der Waals surface area contributed by atoms with Crippen molar-refractivity contribution < 1.29 is 4.74 Å². The van der Waals surface area contributed by atoms with Crippen LogP contribution in [-0.4, -0.2) is 11.7 Å². The molecule has 0 aliphatic heterocycles. The molecule has 0 atom stereocenters. The van der Waals surface area contributed by atoms with Gasteiger partial charge in [0.15, 0.2) is 0 Å². The van der Waals surface area contributed by atoms with E-state index in [0.717, 1.165) is 40.3 Å². The maximum atomic E-state index is 5.22. The lowest BCUT2D eigenvalue weighted by Crippen LogP contribution is -1.98. The molecular formula is C27H28N2O. The maximum absolute atomic E-state index is 5.22. The number of rotatable bonds is 7. The highest BCUT2D eigenvalue weighted by Crippen LogP contribution is 2.28. The summed E-state index contributed by atoms with van der Waals surface area (Å²) in [5.41, 5.74) is 6.71. The predicted octanol–water partition coefficient (Wildman–Crippen LogP) is 7.11. The van der Waals surface area contributed by atoms with Gasteiger partial charge in [-0.3, -0.25) is 0 Å². The number of hydrogen-bond donors (Lipinski definition) is 1. The van der Waals surface area contributed by atoms with Gasteiger partial charge in [0, 0.05) is 28.7 Å². The first-order valence-corrected chi connectivity index (χ1v) is 10.3. The Bertz CT molecular complexity index is 1150. The smallest absolute Gasteiger partial charge is 0.119 e. The van der Waals surface area contributed by atoms with Crippen LogP contribution in [0.15, 0.2) is 85.6 Å². The Morgan fingerprint density at radius 1 is 0.933 bits per heavy atom. The molecule has 0 amide bonds. The van der Waals surface area contributed by atoms with Gasteiger partial charge in [0.1, 0.15) is 5.75 Å². The number of methoxy groups -OCH3 is 1. The van der Waals surface area contributed by atoms with Crippen molar-refractivity contribution in [3.63, 3.8) is 0 Å². The summed E-state index contributed by atoms with van der Waals surface area (Å²) in [4.78, 5) is 0. The van der Waals surface area contributed by atoms with E-state index in [1.807, 2.05) is 24.3 Å². The second-order valence-corrected chi connectivity index (χ2v) is 8.05. The van der Waals surface area contributed by atoms with Crippen LogP contribution in [-0.2, 0) is 6.42 Å². The van der Waals surface area contributed by atoms with Crippen LogP contribution in [0.25, 0.3) is 16.6 Å². The highest BCUT2D eigenvalue weighted by molar-refractivity contribution is 5.88. The lowest BCUT2D eigenvalue weighted by Gasteiger charge is -2.12. The molecule has 1 aromatic heterocycles. The average molecular weight is 397 g/mol. The zero-order chi connectivity index (χ0) is 21.1. The quantitative estimate of drug-likeness (QED) is 0.360. The molecule has 3 heteroatoms. The molecule has 0 radical (unpaired) electrons. The van der Waals surface area contributed by atoms with Crippen LogP contribution in [0.2, 0.25) is 0 Å². The highest BCUT2D eigenvalue weighted by Gasteiger charge is 2.08. The van der Waals surface area contributed by atoms with Gasteiger partial charge in [-0.15, -0.1) is 0 Å². The summed E-state index contributed by atoms with van der Waals surface area (Å²) in [5, 5.41) is 4.62. The van der Waals surface area contributed by atoms with Crippen LogP contribution < -0.4 is 10.1 Å². The zero-order valence-electron chi connectivity index (χ0n) is 17.9. The molecule has 0 fully saturated rings. The van der Waals surface area contributed by atoms with Crippen molar-refractivity contribution in [3.8, 4) is 5.75 Å². The van der Waals surface area contributed by atoms with Crippen molar-refractivity contribution >= 4 is 28.0 Å². The van der Waals surface area contributed by atoms with Crippen molar-refractivity contribution in [1.82, 2.24) is 4.57 Å². The predicted molar refractivity (Wildman–Crippen MR) is 128 cm³/mol. The third-order valence-electron chi connectivity index (χ3n) is 5.29. The number of ether oxygens (including phenoxy) is 1. The van der Waals surface area contributed by atoms with E-state index in [-0.39, 0.29) is 0 Å². The van der Waals surface area contributed by atoms with E-state index in [9.17, 15) is 0 Å². The molecule has 4 aromatic rings. The standard InChI is InChI=1S/C27H28N2O/c1-19(2)17-21-5-7-22(8-6-21)20(3)29-16-15-23-18-25(11-14-27(23)29)28-24-9-12-26(30-4)13-10-24/h5-16,18-19,28H,3,17H2,1-2,4H3. The van der Waals surface area contributed by atoms with Crippen molar-refractivity contribution in [1.29, 1.82) is 0 Å². The molecule has 152 valence electrons. The van der Waals surface area contributed by atoms with Crippen molar-refractivity contribution in [2.45, 2.75) is 20.3 Å². The molecule has 0 aliphatic rings. The minimum absolute atomic E-state index is 0.660. The van der Waals surface area contributed by atoms with E-state index in [0.29, 0.717) is 5.92 Å². The van der Waals surface area contributed by atoms with Crippen LogP contribution in [0.5, 0.6) is 5.75 Å². The number of fused-ring (bicyclic) bond motifs is 1. The Labute approximate surface area is 178 Å². The van der Waals surface area contributed by atoms with E-state index in [1.54, 1.807) is 7.11 Å². The maximum Gasteiger partial charge on any atom is 0.119 e. The fraction of sp³-hybridized carbons (Fsp3) is 0.185. The third-order valence-corrected chi connectivity index (χ3v) is 5.29. The summed E-state index contributed by atoms with van der Waals surface area (Å²) < 4.78 is 7.38. The van der Waals surface area contributed by atoms with Gasteiger partial charge in [-0.1, -0.05) is 44.7 Å². The van der Waals surface area contributed by atoms with Gasteiger partial charge in [0.05, 0.1) is 12.6 Å². The topological polar surface area (TPSA) is 26.2 Å². The number of anilines is 2. The van der Waals surface area contributed by atoms with Gasteiger partial charge in [0.2, 0.25) is 0 Å². The largest absolute Gasteiger partial charge is 0.497 e. The van der Waals surface area contributed by atoms with Gasteiger partial charge in [0.25, 0.3) is 0 Å². The highest BCUT2D eigenvalue weighted by atomic mass is 16.5. The van der Waals surface area contributed by atoms with Gasteiger partial charge in [-0.05, 0) is 72.0 Å². The molecular weight excluding hydrogens is 368 g/mol. The summed E-state index contributed by atoms with van der Waals surface area (Å²) >= 11 is 0. The first kappa shape index (κ1) is 19.8. The van der Waals surface area contributed by atoms with E-state index < -0.39 is 0 Å². The Morgan fingerprint density at radius 2 is 1.63 bits per heavy atom. The molecule has 0 spiro atoms. The number of aromatic nitrogens is 1. The summed E-state index contributed by atoms with van der Waals surface area (Å²) in [6.45, 7) is 8.84. The molecule has 1 N–H and O–H groups in total. The third kappa shape index (κ3) is 4.25. The second kappa shape index (κ2) is 8.50. The second-order valence-electron chi connectivity index (χ2n) is 8.05. The minimum atomic E-state index is 0.660. The molecule has 30 heavy (non-hydrogen) atoms. The Kier molecular flexibility index (Phi) is 5.62. The number of hydrogen-bond acceptors (Lipinski definition) is 2. The van der Waals surface area contributed by atoms with E-state index in [4.69, 9.17) is 4.74 Å². The van der Waals surface area contributed by atoms with Crippen LogP contribution >= 0.6 is 0 Å². The molecule has 3 aromatic carbocycles. The van der Waals surface area contributed by atoms with Gasteiger partial charge in [-0.2, -0.15) is 0 Å².